The molecule has 0 aromatic rings. The largest absolute Gasteiger partial charge is 0.465 e. The zero-order valence-corrected chi connectivity index (χ0v) is 14.0. The fraction of sp³-hybridized carbons (Fsp3) is 0.938. The molecule has 1 N–H and O–H groups in total. The number of nitrogens with one attached hydrogen (secondary N) is 1. The summed E-state index contributed by atoms with van der Waals surface area (Å²) in [6.45, 7) is 13.4. The first-order valence-electron chi connectivity index (χ1n) is 7.94. The Hall–Kier alpha value is -0.610. The number of ether oxygens (including phenoxy) is 1. The molecule has 0 radical (unpaired) electrons. The predicted octanol–water partition coefficient (Wildman–Crippen LogP) is 2.28. The van der Waals surface area contributed by atoms with Gasteiger partial charge in [0.05, 0.1) is 6.61 Å². The molecule has 1 heterocycles. The Morgan fingerprint density at radius 1 is 1.45 bits per heavy atom. The summed E-state index contributed by atoms with van der Waals surface area (Å²) in [7, 11) is 1.84. The van der Waals surface area contributed by atoms with E-state index in [1.54, 1.807) is 0 Å². The first-order chi connectivity index (χ1) is 9.34. The summed E-state index contributed by atoms with van der Waals surface area (Å²) >= 11 is 0. The molecule has 1 aliphatic heterocycles. The number of carbonyl (C=O) groups excluding carboxylic acids is 1. The molecule has 0 aliphatic carbocycles. The highest BCUT2D eigenvalue weighted by Gasteiger charge is 2.37. The molecule has 1 fully saturated rings. The van der Waals surface area contributed by atoms with E-state index in [9.17, 15) is 4.79 Å². The maximum absolute atomic E-state index is 12.1. The molecule has 20 heavy (non-hydrogen) atoms. The van der Waals surface area contributed by atoms with Crippen LogP contribution in [0.1, 0.15) is 47.5 Å². The molecule has 4 heteroatoms. The summed E-state index contributed by atoms with van der Waals surface area (Å²) in [5.41, 5.74) is -0.596. The van der Waals surface area contributed by atoms with Gasteiger partial charge in [-0.2, -0.15) is 0 Å². The summed E-state index contributed by atoms with van der Waals surface area (Å²) in [4.78, 5) is 14.6. The van der Waals surface area contributed by atoms with Crippen LogP contribution in [0, 0.1) is 11.8 Å². The fourth-order valence-electron chi connectivity index (χ4n) is 2.99. The van der Waals surface area contributed by atoms with Gasteiger partial charge in [0.25, 0.3) is 0 Å². The molecule has 1 saturated heterocycles. The van der Waals surface area contributed by atoms with Crippen LogP contribution < -0.4 is 5.32 Å². The van der Waals surface area contributed by atoms with E-state index in [4.69, 9.17) is 4.74 Å². The van der Waals surface area contributed by atoms with Gasteiger partial charge in [0, 0.05) is 12.6 Å². The molecule has 0 amide bonds. The minimum Gasteiger partial charge on any atom is -0.465 e. The number of hydrogen-bond acceptors (Lipinski definition) is 4. The standard InChI is InChI=1S/C16H32N2O2/c1-7-20-15(19)16(5,17-6)10-14(4)18-9-8-12(2)13(3)11-18/h12-14,17H,7-11H2,1-6H3. The van der Waals surface area contributed by atoms with E-state index in [1.165, 1.54) is 6.42 Å². The van der Waals surface area contributed by atoms with Gasteiger partial charge in [0.2, 0.25) is 0 Å². The summed E-state index contributed by atoms with van der Waals surface area (Å²) in [5, 5.41) is 3.15. The smallest absolute Gasteiger partial charge is 0.326 e. The highest BCUT2D eigenvalue weighted by Crippen LogP contribution is 2.26. The number of carbonyl (C=O) groups is 1. The SMILES string of the molecule is CCOC(=O)C(C)(CC(C)N1CCC(C)C(C)C1)NC. The number of piperidine rings is 1. The van der Waals surface area contributed by atoms with Gasteiger partial charge in [-0.25, -0.2) is 0 Å². The summed E-state index contributed by atoms with van der Waals surface area (Å²) in [5.74, 6) is 1.39. The van der Waals surface area contributed by atoms with Crippen molar-refractivity contribution >= 4 is 5.97 Å². The van der Waals surface area contributed by atoms with Crippen molar-refractivity contribution in [2.24, 2.45) is 11.8 Å². The van der Waals surface area contributed by atoms with Crippen molar-refractivity contribution in [3.05, 3.63) is 0 Å². The number of rotatable bonds is 6. The van der Waals surface area contributed by atoms with Crippen molar-refractivity contribution in [1.82, 2.24) is 10.2 Å². The van der Waals surface area contributed by atoms with E-state index >= 15 is 0 Å². The number of esters is 1. The first-order valence-corrected chi connectivity index (χ1v) is 7.94. The van der Waals surface area contributed by atoms with E-state index in [0.29, 0.717) is 12.6 Å². The third kappa shape index (κ3) is 4.19. The Labute approximate surface area is 124 Å². The highest BCUT2D eigenvalue weighted by molar-refractivity contribution is 5.80. The lowest BCUT2D eigenvalue weighted by molar-refractivity contribution is -0.151. The van der Waals surface area contributed by atoms with Crippen LogP contribution in [0.4, 0.5) is 0 Å². The van der Waals surface area contributed by atoms with E-state index < -0.39 is 5.54 Å². The van der Waals surface area contributed by atoms with Crippen LogP contribution in [0.2, 0.25) is 0 Å². The van der Waals surface area contributed by atoms with Gasteiger partial charge in [-0.3, -0.25) is 4.79 Å². The van der Waals surface area contributed by atoms with Crippen molar-refractivity contribution < 1.29 is 9.53 Å². The van der Waals surface area contributed by atoms with Crippen LogP contribution in [-0.2, 0) is 9.53 Å². The molecule has 0 aromatic heterocycles. The summed E-state index contributed by atoms with van der Waals surface area (Å²) in [6.07, 6.45) is 2.03. The topological polar surface area (TPSA) is 41.6 Å². The maximum Gasteiger partial charge on any atom is 0.326 e. The molecule has 4 nitrogen and oxygen atoms in total. The van der Waals surface area contributed by atoms with Crippen LogP contribution in [0.25, 0.3) is 0 Å². The Bertz CT molecular complexity index is 322. The molecule has 0 saturated carbocycles. The van der Waals surface area contributed by atoms with Gasteiger partial charge < -0.3 is 15.0 Å². The van der Waals surface area contributed by atoms with E-state index in [1.807, 2.05) is 20.9 Å². The molecule has 0 aromatic carbocycles. The highest BCUT2D eigenvalue weighted by atomic mass is 16.5. The minimum absolute atomic E-state index is 0.146. The second-order valence-corrected chi connectivity index (χ2v) is 6.59. The molecular formula is C16H32N2O2. The van der Waals surface area contributed by atoms with Crippen molar-refractivity contribution in [2.45, 2.75) is 59.0 Å². The molecular weight excluding hydrogens is 252 g/mol. The average Bonchev–Trinajstić information content (AvgIpc) is 2.41. The van der Waals surface area contributed by atoms with Crippen LogP contribution in [0.3, 0.4) is 0 Å². The second-order valence-electron chi connectivity index (χ2n) is 6.59. The molecule has 4 unspecified atom stereocenters. The Morgan fingerprint density at radius 3 is 2.60 bits per heavy atom. The summed E-state index contributed by atoms with van der Waals surface area (Å²) < 4.78 is 5.20. The van der Waals surface area contributed by atoms with Gasteiger partial charge in [0.15, 0.2) is 0 Å². The Balaban J connectivity index is 2.63. The zero-order valence-electron chi connectivity index (χ0n) is 14.0. The lowest BCUT2D eigenvalue weighted by Crippen LogP contribution is -2.54. The van der Waals surface area contributed by atoms with Crippen molar-refractivity contribution in [1.29, 1.82) is 0 Å². The van der Waals surface area contributed by atoms with Gasteiger partial charge in [-0.1, -0.05) is 13.8 Å². The predicted molar refractivity (Wildman–Crippen MR) is 82.7 cm³/mol. The quantitative estimate of drug-likeness (QED) is 0.760. The van der Waals surface area contributed by atoms with Crippen LogP contribution in [-0.4, -0.2) is 49.2 Å². The lowest BCUT2D eigenvalue weighted by Gasteiger charge is -2.41. The average molecular weight is 284 g/mol. The summed E-state index contributed by atoms with van der Waals surface area (Å²) in [6, 6.07) is 0.381. The van der Waals surface area contributed by atoms with Crippen LogP contribution >= 0.6 is 0 Å². The molecule has 4 atom stereocenters. The fourth-order valence-corrected chi connectivity index (χ4v) is 2.99. The van der Waals surface area contributed by atoms with Crippen molar-refractivity contribution in [3.63, 3.8) is 0 Å². The second kappa shape index (κ2) is 7.41. The molecule has 0 spiro atoms. The molecule has 1 rings (SSSR count). The first kappa shape index (κ1) is 17.4. The monoisotopic (exact) mass is 284 g/mol. The van der Waals surface area contributed by atoms with Gasteiger partial charge in [0.1, 0.15) is 5.54 Å². The third-order valence-electron chi connectivity index (χ3n) is 4.97. The maximum atomic E-state index is 12.1. The Morgan fingerprint density at radius 2 is 2.10 bits per heavy atom. The molecule has 118 valence electrons. The zero-order chi connectivity index (χ0) is 15.3. The number of likely N-dealkylation sites (N-methyl/N-ethyl adjacent to an activating group) is 1. The molecule has 0 bridgehead atoms. The minimum atomic E-state index is -0.596. The molecule has 1 aliphatic rings. The van der Waals surface area contributed by atoms with E-state index in [2.05, 4.69) is 31.0 Å². The third-order valence-corrected chi connectivity index (χ3v) is 4.97. The van der Waals surface area contributed by atoms with Crippen molar-refractivity contribution in [2.75, 3.05) is 26.7 Å². The van der Waals surface area contributed by atoms with Crippen LogP contribution in [0.15, 0.2) is 0 Å². The number of hydrogen-bond donors (Lipinski definition) is 1. The van der Waals surface area contributed by atoms with Gasteiger partial charge >= 0.3 is 5.97 Å². The van der Waals surface area contributed by atoms with Gasteiger partial charge in [-0.05, 0) is 59.0 Å². The van der Waals surface area contributed by atoms with Crippen LogP contribution in [0.5, 0.6) is 0 Å². The normalized spacial score (nSPS) is 28.7. The lowest BCUT2D eigenvalue weighted by atomic mass is 9.86. The van der Waals surface area contributed by atoms with E-state index in [-0.39, 0.29) is 5.97 Å². The number of likely N-dealkylation sites (tertiary alicyclic amines) is 1. The Kier molecular flexibility index (Phi) is 6.46. The van der Waals surface area contributed by atoms with Gasteiger partial charge in [-0.15, -0.1) is 0 Å². The van der Waals surface area contributed by atoms with E-state index in [0.717, 1.165) is 31.3 Å². The van der Waals surface area contributed by atoms with Crippen molar-refractivity contribution in [3.8, 4) is 0 Å². The number of nitrogens with zero attached hydrogens (tertiary/aromatic N) is 1.